The van der Waals surface area contributed by atoms with E-state index in [2.05, 4.69) is 10.3 Å². The molecule has 1 heterocycles. The Hall–Kier alpha value is -1.62. The van der Waals surface area contributed by atoms with Gasteiger partial charge in [0.25, 0.3) is 5.91 Å². The van der Waals surface area contributed by atoms with Crippen molar-refractivity contribution in [2.45, 2.75) is 19.9 Å². The van der Waals surface area contributed by atoms with Crippen molar-refractivity contribution in [1.29, 1.82) is 0 Å². The highest BCUT2D eigenvalue weighted by atomic mass is 35.5. The molecule has 0 aliphatic heterocycles. The maximum absolute atomic E-state index is 11.6. The molecule has 0 fully saturated rings. The van der Waals surface area contributed by atoms with Crippen molar-refractivity contribution in [3.8, 4) is 0 Å². The zero-order valence-electron chi connectivity index (χ0n) is 8.82. The lowest BCUT2D eigenvalue weighted by Gasteiger charge is -2.10. The van der Waals surface area contributed by atoms with E-state index >= 15 is 0 Å². The van der Waals surface area contributed by atoms with Gasteiger partial charge in [-0.15, -0.1) is 0 Å². The predicted octanol–water partition coefficient (Wildman–Crippen LogP) is 1.25. The van der Waals surface area contributed by atoms with E-state index in [1.807, 2.05) is 0 Å². The average Bonchev–Trinajstić information content (AvgIpc) is 2.16. The number of hydrogen-bond donors (Lipinski definition) is 2. The predicted molar refractivity (Wildman–Crippen MR) is 58.5 cm³/mol. The SMILES string of the molecule is Cc1cc(Cl)c(C(=O)NC(C)C(=O)O)cn1. The number of aromatic nitrogens is 1. The third-order valence-corrected chi connectivity index (χ3v) is 2.27. The molecule has 1 unspecified atom stereocenters. The normalized spacial score (nSPS) is 11.9. The summed E-state index contributed by atoms with van der Waals surface area (Å²) < 4.78 is 0. The lowest BCUT2D eigenvalue weighted by atomic mass is 10.2. The minimum atomic E-state index is -1.11. The zero-order valence-corrected chi connectivity index (χ0v) is 9.58. The Morgan fingerprint density at radius 1 is 1.56 bits per heavy atom. The molecular formula is C10H11ClN2O3. The van der Waals surface area contributed by atoms with Crippen LogP contribution in [0.2, 0.25) is 5.02 Å². The van der Waals surface area contributed by atoms with Gasteiger partial charge in [0.2, 0.25) is 0 Å². The number of pyridine rings is 1. The van der Waals surface area contributed by atoms with Crippen LogP contribution in [0.1, 0.15) is 23.0 Å². The van der Waals surface area contributed by atoms with Crippen molar-refractivity contribution >= 4 is 23.5 Å². The van der Waals surface area contributed by atoms with Crippen molar-refractivity contribution in [2.75, 3.05) is 0 Å². The number of aliphatic carboxylic acids is 1. The van der Waals surface area contributed by atoms with Crippen LogP contribution in [0, 0.1) is 6.92 Å². The summed E-state index contributed by atoms with van der Waals surface area (Å²) >= 11 is 5.84. The summed E-state index contributed by atoms with van der Waals surface area (Å²) in [7, 11) is 0. The van der Waals surface area contributed by atoms with E-state index in [1.165, 1.54) is 13.1 Å². The topological polar surface area (TPSA) is 79.3 Å². The fourth-order valence-electron chi connectivity index (χ4n) is 1.03. The molecule has 1 aromatic rings. The number of amides is 1. The van der Waals surface area contributed by atoms with Crippen LogP contribution in [0.4, 0.5) is 0 Å². The lowest BCUT2D eigenvalue weighted by Crippen LogP contribution is -2.38. The molecule has 6 heteroatoms. The van der Waals surface area contributed by atoms with E-state index in [0.717, 1.165) is 0 Å². The second-order valence-electron chi connectivity index (χ2n) is 3.34. The van der Waals surface area contributed by atoms with Gasteiger partial charge in [-0.2, -0.15) is 0 Å². The molecule has 0 aliphatic carbocycles. The first-order chi connectivity index (χ1) is 7.41. The molecule has 1 aromatic heterocycles. The highest BCUT2D eigenvalue weighted by Gasteiger charge is 2.17. The minimum absolute atomic E-state index is 0.167. The van der Waals surface area contributed by atoms with Crippen LogP contribution >= 0.6 is 11.6 Å². The number of rotatable bonds is 3. The number of nitrogens with zero attached hydrogens (tertiary/aromatic N) is 1. The van der Waals surface area contributed by atoms with E-state index in [9.17, 15) is 9.59 Å². The summed E-state index contributed by atoms with van der Waals surface area (Å²) in [5.74, 6) is -1.66. The summed E-state index contributed by atoms with van der Waals surface area (Å²) in [6.07, 6.45) is 1.32. The number of nitrogens with one attached hydrogen (secondary N) is 1. The standard InChI is InChI=1S/C10H11ClN2O3/c1-5-3-8(11)7(4-12-5)9(14)13-6(2)10(15)16/h3-4,6H,1-2H3,(H,13,14)(H,15,16). The maximum Gasteiger partial charge on any atom is 0.325 e. The Morgan fingerprint density at radius 2 is 2.19 bits per heavy atom. The van der Waals surface area contributed by atoms with Crippen LogP contribution in [-0.2, 0) is 4.79 Å². The number of halogens is 1. The molecule has 0 bridgehead atoms. The van der Waals surface area contributed by atoms with Gasteiger partial charge in [0.15, 0.2) is 0 Å². The van der Waals surface area contributed by atoms with Crippen LogP contribution in [0.25, 0.3) is 0 Å². The minimum Gasteiger partial charge on any atom is -0.480 e. The number of aryl methyl sites for hydroxylation is 1. The highest BCUT2D eigenvalue weighted by molar-refractivity contribution is 6.33. The van der Waals surface area contributed by atoms with Gasteiger partial charge in [0.1, 0.15) is 6.04 Å². The van der Waals surface area contributed by atoms with Gasteiger partial charge in [0, 0.05) is 11.9 Å². The first kappa shape index (κ1) is 12.4. The van der Waals surface area contributed by atoms with Crippen molar-refractivity contribution in [1.82, 2.24) is 10.3 Å². The fraction of sp³-hybridized carbons (Fsp3) is 0.300. The fourth-order valence-corrected chi connectivity index (χ4v) is 1.32. The quantitative estimate of drug-likeness (QED) is 0.836. The number of carboxylic acid groups (broad SMARTS) is 1. The molecule has 0 saturated heterocycles. The Balaban J connectivity index is 2.85. The molecular weight excluding hydrogens is 232 g/mol. The van der Waals surface area contributed by atoms with Gasteiger partial charge in [-0.05, 0) is 19.9 Å². The van der Waals surface area contributed by atoms with E-state index in [4.69, 9.17) is 16.7 Å². The molecule has 2 N–H and O–H groups in total. The smallest absolute Gasteiger partial charge is 0.325 e. The van der Waals surface area contributed by atoms with Crippen LogP contribution in [0.5, 0.6) is 0 Å². The molecule has 0 aliphatic rings. The number of carbonyl (C=O) groups is 2. The summed E-state index contributed by atoms with van der Waals surface area (Å²) in [6.45, 7) is 3.11. The van der Waals surface area contributed by atoms with Gasteiger partial charge in [-0.3, -0.25) is 14.6 Å². The molecule has 1 rings (SSSR count). The molecule has 0 saturated carbocycles. The molecule has 5 nitrogen and oxygen atoms in total. The van der Waals surface area contributed by atoms with Crippen molar-refractivity contribution < 1.29 is 14.7 Å². The summed E-state index contributed by atoms with van der Waals surface area (Å²) in [4.78, 5) is 26.1. The van der Waals surface area contributed by atoms with E-state index in [-0.39, 0.29) is 10.6 Å². The summed E-state index contributed by atoms with van der Waals surface area (Å²) in [6, 6.07) is 0.576. The molecule has 1 amide bonds. The Labute approximate surface area is 97.4 Å². The molecule has 1 atom stereocenters. The Kier molecular flexibility index (Phi) is 3.84. The Morgan fingerprint density at radius 3 is 2.69 bits per heavy atom. The highest BCUT2D eigenvalue weighted by Crippen LogP contribution is 2.15. The van der Waals surface area contributed by atoms with Gasteiger partial charge in [-0.1, -0.05) is 11.6 Å². The second-order valence-corrected chi connectivity index (χ2v) is 3.75. The van der Waals surface area contributed by atoms with Gasteiger partial charge < -0.3 is 10.4 Å². The average molecular weight is 243 g/mol. The second kappa shape index (κ2) is 4.94. The van der Waals surface area contributed by atoms with Crippen LogP contribution in [-0.4, -0.2) is 28.0 Å². The van der Waals surface area contributed by atoms with Gasteiger partial charge in [0.05, 0.1) is 10.6 Å². The van der Waals surface area contributed by atoms with E-state index in [0.29, 0.717) is 5.69 Å². The first-order valence-electron chi connectivity index (χ1n) is 4.57. The monoisotopic (exact) mass is 242 g/mol. The van der Waals surface area contributed by atoms with Gasteiger partial charge in [-0.25, -0.2) is 0 Å². The van der Waals surface area contributed by atoms with Crippen LogP contribution in [0.15, 0.2) is 12.3 Å². The summed E-state index contributed by atoms with van der Waals surface area (Å²) in [5, 5.41) is 11.2. The van der Waals surface area contributed by atoms with Crippen molar-refractivity contribution in [3.05, 3.63) is 28.5 Å². The maximum atomic E-state index is 11.6. The van der Waals surface area contributed by atoms with Crippen LogP contribution < -0.4 is 5.32 Å². The number of carboxylic acids is 1. The third kappa shape index (κ3) is 2.93. The van der Waals surface area contributed by atoms with Gasteiger partial charge >= 0.3 is 5.97 Å². The number of hydrogen-bond acceptors (Lipinski definition) is 3. The summed E-state index contributed by atoms with van der Waals surface area (Å²) in [5.41, 5.74) is 0.855. The van der Waals surface area contributed by atoms with E-state index in [1.54, 1.807) is 13.0 Å². The number of carbonyl (C=O) groups excluding carboxylic acids is 1. The molecule has 0 radical (unpaired) electrons. The Bertz CT molecular complexity index is 434. The first-order valence-corrected chi connectivity index (χ1v) is 4.95. The van der Waals surface area contributed by atoms with Crippen molar-refractivity contribution in [3.63, 3.8) is 0 Å². The zero-order chi connectivity index (χ0) is 12.3. The third-order valence-electron chi connectivity index (χ3n) is 1.95. The van der Waals surface area contributed by atoms with Crippen molar-refractivity contribution in [2.24, 2.45) is 0 Å². The van der Waals surface area contributed by atoms with Crippen LogP contribution in [0.3, 0.4) is 0 Å². The molecule has 16 heavy (non-hydrogen) atoms. The molecule has 86 valence electrons. The largest absolute Gasteiger partial charge is 0.480 e. The molecule has 0 aromatic carbocycles. The van der Waals surface area contributed by atoms with E-state index < -0.39 is 17.9 Å². The lowest BCUT2D eigenvalue weighted by molar-refractivity contribution is -0.138. The molecule has 0 spiro atoms.